The molecule has 8 heteroatoms. The molecule has 29 heavy (non-hydrogen) atoms. The number of amides is 1. The Balaban J connectivity index is 1.58. The summed E-state index contributed by atoms with van der Waals surface area (Å²) >= 11 is 12.2. The maximum Gasteiger partial charge on any atom is 0.241 e. The summed E-state index contributed by atoms with van der Waals surface area (Å²) in [5.41, 5.74) is 2.54. The van der Waals surface area contributed by atoms with Crippen molar-refractivity contribution < 1.29 is 9.32 Å². The van der Waals surface area contributed by atoms with Gasteiger partial charge < -0.3 is 9.84 Å². The Hall–Kier alpha value is -2.41. The van der Waals surface area contributed by atoms with Crippen LogP contribution in [0.5, 0.6) is 0 Å². The summed E-state index contributed by atoms with van der Waals surface area (Å²) in [4.78, 5) is 18.5. The van der Waals surface area contributed by atoms with E-state index in [4.69, 9.17) is 27.7 Å². The van der Waals surface area contributed by atoms with Gasteiger partial charge in [0.1, 0.15) is 0 Å². The maximum atomic E-state index is 12.3. The quantitative estimate of drug-likeness (QED) is 0.552. The number of likely N-dealkylation sites (N-methyl/N-ethyl adjacent to an activating group) is 1. The van der Waals surface area contributed by atoms with Crippen LogP contribution in [0, 0.1) is 0 Å². The predicted molar refractivity (Wildman–Crippen MR) is 115 cm³/mol. The number of carbonyl (C=O) groups excluding carboxylic acids is 1. The summed E-state index contributed by atoms with van der Waals surface area (Å²) in [5.74, 6) is 1.17. The number of benzene rings is 2. The molecule has 6 nitrogen and oxygen atoms in total. The van der Waals surface area contributed by atoms with Crippen LogP contribution in [0.15, 0.2) is 47.0 Å². The normalized spacial score (nSPS) is 11.3. The Morgan fingerprint density at radius 2 is 1.79 bits per heavy atom. The van der Waals surface area contributed by atoms with Gasteiger partial charge in [0.25, 0.3) is 0 Å². The molecular weight excluding hydrogens is 411 g/mol. The Bertz CT molecular complexity index is 966. The van der Waals surface area contributed by atoms with E-state index in [1.165, 1.54) is 5.56 Å². The van der Waals surface area contributed by atoms with Crippen molar-refractivity contribution in [2.24, 2.45) is 0 Å². The Morgan fingerprint density at radius 3 is 2.41 bits per heavy atom. The van der Waals surface area contributed by atoms with Crippen molar-refractivity contribution in [2.45, 2.75) is 26.3 Å². The molecule has 3 rings (SSSR count). The highest BCUT2D eigenvalue weighted by Crippen LogP contribution is 2.29. The highest BCUT2D eigenvalue weighted by atomic mass is 35.5. The number of hydrogen-bond acceptors (Lipinski definition) is 5. The van der Waals surface area contributed by atoms with Gasteiger partial charge in [-0.1, -0.05) is 72.5 Å². The minimum Gasteiger partial charge on any atom is -0.338 e. The number of para-hydroxylation sites is 1. The van der Waals surface area contributed by atoms with Crippen molar-refractivity contribution >= 4 is 34.8 Å². The first-order valence-corrected chi connectivity index (χ1v) is 9.94. The van der Waals surface area contributed by atoms with Crippen LogP contribution in [0.25, 0.3) is 11.4 Å². The predicted octanol–water partition coefficient (Wildman–Crippen LogP) is 5.24. The summed E-state index contributed by atoms with van der Waals surface area (Å²) in [6.07, 6.45) is 0. The first kappa shape index (κ1) is 21.3. The maximum absolute atomic E-state index is 12.3. The number of anilines is 1. The average Bonchev–Trinajstić information content (AvgIpc) is 3.13. The molecule has 1 amide bonds. The van der Waals surface area contributed by atoms with E-state index >= 15 is 0 Å². The number of aromatic nitrogens is 2. The van der Waals surface area contributed by atoms with Gasteiger partial charge in [-0.15, -0.1) is 0 Å². The molecular formula is C21H22Cl2N4O2. The molecule has 0 atom stereocenters. The van der Waals surface area contributed by atoms with E-state index < -0.39 is 0 Å². The van der Waals surface area contributed by atoms with Crippen molar-refractivity contribution in [3.8, 4) is 11.4 Å². The van der Waals surface area contributed by atoms with E-state index in [2.05, 4.69) is 41.4 Å². The van der Waals surface area contributed by atoms with Gasteiger partial charge in [-0.2, -0.15) is 4.98 Å². The van der Waals surface area contributed by atoms with E-state index in [1.54, 1.807) is 30.1 Å². The number of nitrogens with one attached hydrogen (secondary N) is 1. The van der Waals surface area contributed by atoms with Gasteiger partial charge in [0.05, 0.1) is 28.8 Å². The first-order chi connectivity index (χ1) is 13.8. The molecule has 0 saturated carbocycles. The molecule has 0 aliphatic rings. The van der Waals surface area contributed by atoms with Gasteiger partial charge in [0.2, 0.25) is 17.6 Å². The molecule has 0 radical (unpaired) electrons. The van der Waals surface area contributed by atoms with Gasteiger partial charge >= 0.3 is 0 Å². The summed E-state index contributed by atoms with van der Waals surface area (Å²) in [5, 5.41) is 7.54. The van der Waals surface area contributed by atoms with Gasteiger partial charge in [0, 0.05) is 5.56 Å². The van der Waals surface area contributed by atoms with Crippen LogP contribution in [-0.2, 0) is 11.3 Å². The van der Waals surface area contributed by atoms with Crippen LogP contribution in [-0.4, -0.2) is 34.5 Å². The van der Waals surface area contributed by atoms with Crippen molar-refractivity contribution in [2.75, 3.05) is 18.9 Å². The van der Waals surface area contributed by atoms with E-state index in [1.807, 2.05) is 12.1 Å². The fraction of sp³-hybridized carbons (Fsp3) is 0.286. The van der Waals surface area contributed by atoms with Gasteiger partial charge in [-0.3, -0.25) is 9.69 Å². The summed E-state index contributed by atoms with van der Waals surface area (Å²) < 4.78 is 5.33. The standard InChI is InChI=1S/C21H22Cl2N4O2/c1-13(2)14-7-9-15(10-8-14)21-25-19(29-26-21)12-27(3)11-18(28)24-20-16(22)5-4-6-17(20)23/h4-10,13H,11-12H2,1-3H3,(H,24,28). The Labute approximate surface area is 179 Å². The molecule has 152 valence electrons. The zero-order chi connectivity index (χ0) is 21.0. The van der Waals surface area contributed by atoms with Crippen LogP contribution in [0.1, 0.15) is 31.2 Å². The van der Waals surface area contributed by atoms with E-state index in [0.29, 0.717) is 39.9 Å². The monoisotopic (exact) mass is 432 g/mol. The summed E-state index contributed by atoms with van der Waals surface area (Å²) in [7, 11) is 1.79. The first-order valence-electron chi connectivity index (χ1n) is 9.19. The molecule has 2 aromatic carbocycles. The molecule has 3 aromatic rings. The number of hydrogen-bond donors (Lipinski definition) is 1. The largest absolute Gasteiger partial charge is 0.338 e. The van der Waals surface area contributed by atoms with Crippen LogP contribution >= 0.6 is 23.2 Å². The SMILES string of the molecule is CC(C)c1ccc(-c2noc(CN(C)CC(=O)Nc3c(Cl)cccc3Cl)n2)cc1. The molecule has 0 saturated heterocycles. The lowest BCUT2D eigenvalue weighted by molar-refractivity contribution is -0.117. The van der Waals surface area contributed by atoms with Crippen LogP contribution in [0.3, 0.4) is 0 Å². The molecule has 0 aliphatic heterocycles. The van der Waals surface area contributed by atoms with Crippen molar-refractivity contribution in [3.05, 3.63) is 64.0 Å². The third-order valence-corrected chi connectivity index (χ3v) is 4.98. The fourth-order valence-electron chi connectivity index (χ4n) is 2.78. The lowest BCUT2D eigenvalue weighted by atomic mass is 10.0. The third kappa shape index (κ3) is 5.56. The minimum absolute atomic E-state index is 0.113. The zero-order valence-electron chi connectivity index (χ0n) is 16.4. The Morgan fingerprint density at radius 1 is 1.14 bits per heavy atom. The number of halogens is 2. The molecule has 1 aromatic heterocycles. The Kier molecular flexibility index (Phi) is 6.90. The third-order valence-electron chi connectivity index (χ3n) is 4.35. The summed E-state index contributed by atoms with van der Waals surface area (Å²) in [6, 6.07) is 13.1. The smallest absolute Gasteiger partial charge is 0.241 e. The average molecular weight is 433 g/mol. The molecule has 1 heterocycles. The molecule has 1 N–H and O–H groups in total. The molecule has 0 aliphatic carbocycles. The lowest BCUT2D eigenvalue weighted by Crippen LogP contribution is -2.30. The second kappa shape index (κ2) is 9.39. The topological polar surface area (TPSA) is 71.3 Å². The second-order valence-electron chi connectivity index (χ2n) is 7.11. The summed E-state index contributed by atoms with van der Waals surface area (Å²) in [6.45, 7) is 4.74. The fourth-order valence-corrected chi connectivity index (χ4v) is 3.27. The number of nitrogens with zero attached hydrogens (tertiary/aromatic N) is 3. The van der Waals surface area contributed by atoms with E-state index in [0.717, 1.165) is 5.56 Å². The van der Waals surface area contributed by atoms with Gasteiger partial charge in [-0.05, 0) is 30.7 Å². The highest BCUT2D eigenvalue weighted by Gasteiger charge is 2.15. The van der Waals surface area contributed by atoms with Crippen molar-refractivity contribution in [1.29, 1.82) is 0 Å². The van der Waals surface area contributed by atoms with Crippen LogP contribution in [0.4, 0.5) is 5.69 Å². The molecule has 0 fully saturated rings. The molecule has 0 bridgehead atoms. The van der Waals surface area contributed by atoms with E-state index in [-0.39, 0.29) is 12.5 Å². The minimum atomic E-state index is -0.244. The van der Waals surface area contributed by atoms with E-state index in [9.17, 15) is 4.79 Å². The second-order valence-corrected chi connectivity index (χ2v) is 7.92. The number of rotatable bonds is 7. The van der Waals surface area contributed by atoms with Gasteiger partial charge in [-0.25, -0.2) is 0 Å². The lowest BCUT2D eigenvalue weighted by Gasteiger charge is -2.15. The molecule has 0 unspecified atom stereocenters. The van der Waals surface area contributed by atoms with Gasteiger partial charge in [0.15, 0.2) is 0 Å². The van der Waals surface area contributed by atoms with Crippen molar-refractivity contribution in [3.63, 3.8) is 0 Å². The molecule has 0 spiro atoms. The van der Waals surface area contributed by atoms with Crippen LogP contribution in [0.2, 0.25) is 10.0 Å². The van der Waals surface area contributed by atoms with Crippen molar-refractivity contribution in [1.82, 2.24) is 15.0 Å². The van der Waals surface area contributed by atoms with Crippen LogP contribution < -0.4 is 5.32 Å². The number of carbonyl (C=O) groups is 1. The zero-order valence-corrected chi connectivity index (χ0v) is 18.0. The highest BCUT2D eigenvalue weighted by molar-refractivity contribution is 6.39.